The third kappa shape index (κ3) is 2.68. The van der Waals surface area contributed by atoms with E-state index in [1.807, 2.05) is 24.3 Å². The number of anilines is 1. The van der Waals surface area contributed by atoms with E-state index in [0.717, 1.165) is 23.1 Å². The molecule has 1 aliphatic carbocycles. The number of aromatic nitrogens is 2. The van der Waals surface area contributed by atoms with Crippen molar-refractivity contribution >= 4 is 16.7 Å². The second-order valence-electron chi connectivity index (χ2n) is 4.56. The Balaban J connectivity index is 1.58. The summed E-state index contributed by atoms with van der Waals surface area (Å²) in [6.45, 7) is 0.833. The van der Waals surface area contributed by atoms with E-state index in [-0.39, 0.29) is 6.61 Å². The molecule has 1 aromatic carbocycles. The predicted molar refractivity (Wildman–Crippen MR) is 71.6 cm³/mol. The zero-order chi connectivity index (χ0) is 12.4. The van der Waals surface area contributed by atoms with Crippen molar-refractivity contribution in [2.24, 2.45) is 0 Å². The van der Waals surface area contributed by atoms with Crippen LogP contribution in [0, 0.1) is 0 Å². The van der Waals surface area contributed by atoms with E-state index >= 15 is 0 Å². The van der Waals surface area contributed by atoms with E-state index in [4.69, 9.17) is 5.11 Å². The van der Waals surface area contributed by atoms with E-state index in [2.05, 4.69) is 14.7 Å². The summed E-state index contributed by atoms with van der Waals surface area (Å²) in [6, 6.07) is 7.91. The minimum atomic E-state index is 0.0921. The Labute approximate surface area is 110 Å². The van der Waals surface area contributed by atoms with Gasteiger partial charge in [0.15, 0.2) is 0 Å². The molecule has 0 bridgehead atoms. The van der Waals surface area contributed by atoms with Gasteiger partial charge < -0.3 is 10.4 Å². The van der Waals surface area contributed by atoms with Gasteiger partial charge in [0.25, 0.3) is 0 Å². The first-order valence-electron chi connectivity index (χ1n) is 6.11. The Morgan fingerprint density at radius 2 is 1.94 bits per heavy atom. The molecule has 1 aromatic heterocycles. The summed E-state index contributed by atoms with van der Waals surface area (Å²) in [5, 5.41) is 13.1. The molecule has 1 saturated carbocycles. The Morgan fingerprint density at radius 1 is 1.22 bits per heavy atom. The lowest BCUT2D eigenvalue weighted by atomic mass is 10.1. The molecule has 2 aromatic rings. The van der Waals surface area contributed by atoms with Gasteiger partial charge in [0.1, 0.15) is 5.82 Å². The first kappa shape index (κ1) is 11.6. The van der Waals surface area contributed by atoms with Crippen LogP contribution in [0.5, 0.6) is 0 Å². The molecule has 1 aliphatic rings. The van der Waals surface area contributed by atoms with E-state index in [1.165, 1.54) is 29.9 Å². The Bertz CT molecular complexity index is 519. The molecule has 2 N–H and O–H groups in total. The maximum atomic E-state index is 8.96. The first-order chi connectivity index (χ1) is 8.85. The molecule has 1 fully saturated rings. The number of aliphatic hydroxyl groups is 1. The van der Waals surface area contributed by atoms with Crippen LogP contribution in [0.2, 0.25) is 0 Å². The molecule has 0 saturated heterocycles. The van der Waals surface area contributed by atoms with Crippen LogP contribution in [-0.2, 0) is 13.2 Å². The smallest absolute Gasteiger partial charge is 0.202 e. The van der Waals surface area contributed by atoms with Crippen LogP contribution in [0.15, 0.2) is 24.3 Å². The van der Waals surface area contributed by atoms with Crippen LogP contribution < -0.4 is 5.32 Å². The van der Waals surface area contributed by atoms with Gasteiger partial charge in [-0.25, -0.2) is 4.98 Å². The van der Waals surface area contributed by atoms with Gasteiger partial charge in [0.2, 0.25) is 5.13 Å². The lowest BCUT2D eigenvalue weighted by Gasteiger charge is -2.03. The van der Waals surface area contributed by atoms with Gasteiger partial charge in [-0.15, -0.1) is 0 Å². The van der Waals surface area contributed by atoms with Gasteiger partial charge >= 0.3 is 0 Å². The van der Waals surface area contributed by atoms with Crippen LogP contribution in [-0.4, -0.2) is 14.5 Å². The molecule has 5 heteroatoms. The summed E-state index contributed by atoms with van der Waals surface area (Å²) in [6.07, 6.45) is 2.47. The highest BCUT2D eigenvalue weighted by Gasteiger charge is 2.27. The second-order valence-corrected chi connectivity index (χ2v) is 5.31. The van der Waals surface area contributed by atoms with Gasteiger partial charge in [-0.2, -0.15) is 4.37 Å². The van der Waals surface area contributed by atoms with E-state index in [0.29, 0.717) is 5.92 Å². The molecule has 0 radical (unpaired) electrons. The van der Waals surface area contributed by atoms with Gasteiger partial charge in [-0.1, -0.05) is 24.3 Å². The van der Waals surface area contributed by atoms with Crippen molar-refractivity contribution in [2.45, 2.75) is 31.9 Å². The molecule has 1 heterocycles. The summed E-state index contributed by atoms with van der Waals surface area (Å²) >= 11 is 1.43. The fourth-order valence-corrected chi connectivity index (χ4v) is 2.40. The lowest BCUT2D eigenvalue weighted by Crippen LogP contribution is -1.99. The van der Waals surface area contributed by atoms with Gasteiger partial charge in [-0.05, 0) is 24.0 Å². The van der Waals surface area contributed by atoms with Crippen LogP contribution in [0.25, 0.3) is 0 Å². The van der Waals surface area contributed by atoms with Crippen LogP contribution in [0.1, 0.15) is 35.7 Å². The summed E-state index contributed by atoms with van der Waals surface area (Å²) in [5.41, 5.74) is 2.11. The van der Waals surface area contributed by atoms with Crippen molar-refractivity contribution in [2.75, 3.05) is 5.32 Å². The van der Waals surface area contributed by atoms with Gasteiger partial charge in [0, 0.05) is 24.0 Å². The van der Waals surface area contributed by atoms with Gasteiger partial charge in [-0.3, -0.25) is 0 Å². The molecule has 0 spiro atoms. The van der Waals surface area contributed by atoms with E-state index in [1.54, 1.807) is 0 Å². The number of nitrogens with zero attached hydrogens (tertiary/aromatic N) is 2. The minimum Gasteiger partial charge on any atom is -0.392 e. The lowest BCUT2D eigenvalue weighted by molar-refractivity contribution is 0.282. The summed E-state index contributed by atoms with van der Waals surface area (Å²) in [7, 11) is 0. The zero-order valence-corrected chi connectivity index (χ0v) is 10.8. The van der Waals surface area contributed by atoms with Crippen molar-refractivity contribution in [3.8, 4) is 0 Å². The average Bonchev–Trinajstić information content (AvgIpc) is 3.16. The predicted octanol–water partition coefficient (Wildman–Crippen LogP) is 2.52. The van der Waals surface area contributed by atoms with Crippen molar-refractivity contribution in [1.82, 2.24) is 9.36 Å². The number of rotatable bonds is 5. The highest BCUT2D eigenvalue weighted by molar-refractivity contribution is 7.09. The highest BCUT2D eigenvalue weighted by Crippen LogP contribution is 2.39. The van der Waals surface area contributed by atoms with E-state index in [9.17, 15) is 0 Å². The topological polar surface area (TPSA) is 58.0 Å². The number of aliphatic hydroxyl groups excluding tert-OH is 1. The van der Waals surface area contributed by atoms with Crippen LogP contribution in [0.4, 0.5) is 5.13 Å². The fourth-order valence-electron chi connectivity index (χ4n) is 1.75. The van der Waals surface area contributed by atoms with Crippen LogP contribution >= 0.6 is 11.5 Å². The molecule has 0 amide bonds. The monoisotopic (exact) mass is 261 g/mol. The summed E-state index contributed by atoms with van der Waals surface area (Å²) in [4.78, 5) is 4.48. The van der Waals surface area contributed by atoms with Crippen LogP contribution in [0.3, 0.4) is 0 Å². The average molecular weight is 261 g/mol. The molecule has 18 heavy (non-hydrogen) atoms. The molecule has 0 unspecified atom stereocenters. The molecule has 3 rings (SSSR count). The van der Waals surface area contributed by atoms with Crippen molar-refractivity contribution in [3.05, 3.63) is 41.2 Å². The third-order valence-corrected chi connectivity index (χ3v) is 3.72. The van der Waals surface area contributed by atoms with Crippen molar-refractivity contribution in [1.29, 1.82) is 0 Å². The number of hydrogen-bond acceptors (Lipinski definition) is 5. The quantitative estimate of drug-likeness (QED) is 0.868. The zero-order valence-electron chi connectivity index (χ0n) is 9.97. The standard InChI is InChI=1S/C13H15N3OS/c17-8-10-3-1-9(2-4-10)7-14-13-15-12(16-18-13)11-5-6-11/h1-4,11,17H,5-8H2,(H,14,15,16). The maximum Gasteiger partial charge on any atom is 0.202 e. The van der Waals surface area contributed by atoms with E-state index < -0.39 is 0 Å². The Hall–Kier alpha value is -1.46. The summed E-state index contributed by atoms with van der Waals surface area (Å²) < 4.78 is 4.35. The largest absolute Gasteiger partial charge is 0.392 e. The molecule has 94 valence electrons. The Kier molecular flexibility index (Phi) is 3.25. The summed E-state index contributed by atoms with van der Waals surface area (Å²) in [5.74, 6) is 1.61. The number of benzene rings is 1. The molecule has 4 nitrogen and oxygen atoms in total. The SMILES string of the molecule is OCc1ccc(CNc2nc(C3CC3)ns2)cc1. The molecule has 0 atom stereocenters. The Morgan fingerprint density at radius 3 is 2.61 bits per heavy atom. The molecule has 0 aliphatic heterocycles. The van der Waals surface area contributed by atoms with Crippen molar-refractivity contribution in [3.63, 3.8) is 0 Å². The highest BCUT2D eigenvalue weighted by atomic mass is 32.1. The first-order valence-corrected chi connectivity index (χ1v) is 6.88. The molecular weight excluding hydrogens is 246 g/mol. The maximum absolute atomic E-state index is 8.96. The minimum absolute atomic E-state index is 0.0921. The second kappa shape index (κ2) is 5.04. The normalized spacial score (nSPS) is 14.7. The number of nitrogens with one attached hydrogen (secondary N) is 1. The third-order valence-electron chi connectivity index (χ3n) is 3.03. The van der Waals surface area contributed by atoms with Gasteiger partial charge in [0.05, 0.1) is 6.61 Å². The fraction of sp³-hybridized carbons (Fsp3) is 0.385. The van der Waals surface area contributed by atoms with Crippen molar-refractivity contribution < 1.29 is 5.11 Å². The number of hydrogen-bond donors (Lipinski definition) is 2. The molecular formula is C13H15N3OS.